The minimum absolute atomic E-state index is 0.0524. The summed E-state index contributed by atoms with van der Waals surface area (Å²) >= 11 is 1.26. The number of hydrogen-bond donors (Lipinski definition) is 1. The maximum absolute atomic E-state index is 13.8. The maximum atomic E-state index is 13.8. The molecule has 0 saturated carbocycles. The number of aryl methyl sites for hydroxylation is 1. The summed E-state index contributed by atoms with van der Waals surface area (Å²) in [5.74, 6) is -1.52. The number of rotatable bonds is 6. The second-order valence-corrected chi connectivity index (χ2v) is 8.86. The molecule has 3 aromatic heterocycles. The fourth-order valence-electron chi connectivity index (χ4n) is 4.06. The van der Waals surface area contributed by atoms with Crippen LogP contribution < -0.4 is 0 Å². The quantitative estimate of drug-likeness (QED) is 0.413. The number of benzene rings is 1. The molecule has 1 atom stereocenters. The topological polar surface area (TPSA) is 96.3 Å². The molecule has 5 rings (SSSR count). The summed E-state index contributed by atoms with van der Waals surface area (Å²) in [5, 5.41) is 11.6. The van der Waals surface area contributed by atoms with Crippen molar-refractivity contribution < 1.29 is 14.7 Å². The number of aliphatic hydroxyl groups is 1. The van der Waals surface area contributed by atoms with E-state index in [4.69, 9.17) is 0 Å². The largest absolute Gasteiger partial charge is 0.503 e. The smallest absolute Gasteiger partial charge is 0.290 e. The zero-order valence-corrected chi connectivity index (χ0v) is 19.1. The Labute approximate surface area is 200 Å². The normalized spacial score (nSPS) is 15.7. The predicted molar refractivity (Wildman–Crippen MR) is 128 cm³/mol. The maximum Gasteiger partial charge on any atom is 0.290 e. The van der Waals surface area contributed by atoms with Gasteiger partial charge in [0.25, 0.3) is 5.91 Å². The molecule has 8 heteroatoms. The molecule has 1 aromatic carbocycles. The summed E-state index contributed by atoms with van der Waals surface area (Å²) in [6, 6.07) is 15.9. The highest BCUT2D eigenvalue weighted by Gasteiger charge is 2.44. The first-order chi connectivity index (χ1) is 16.5. The molecule has 0 fully saturated rings. The summed E-state index contributed by atoms with van der Waals surface area (Å²) in [4.78, 5) is 41.5. The van der Waals surface area contributed by atoms with Crippen molar-refractivity contribution in [2.24, 2.45) is 0 Å². The van der Waals surface area contributed by atoms with Gasteiger partial charge in [0.15, 0.2) is 5.76 Å². The lowest BCUT2D eigenvalue weighted by Gasteiger charge is -2.26. The molecule has 0 aliphatic carbocycles. The third-order valence-corrected chi connectivity index (χ3v) is 6.90. The van der Waals surface area contributed by atoms with Crippen LogP contribution in [0.4, 0.5) is 0 Å². The Hall–Kier alpha value is -4.17. The molecule has 0 radical (unpaired) electrons. The number of aliphatic hydroxyl groups excluding tert-OH is 1. The molecule has 168 valence electrons. The van der Waals surface area contributed by atoms with Gasteiger partial charge in [0, 0.05) is 36.9 Å². The van der Waals surface area contributed by atoms with Crippen LogP contribution >= 0.6 is 11.3 Å². The first kappa shape index (κ1) is 21.7. The summed E-state index contributed by atoms with van der Waals surface area (Å²) in [5.41, 5.74) is 3.04. The summed E-state index contributed by atoms with van der Waals surface area (Å²) < 4.78 is 0. The average molecular weight is 469 g/mol. The van der Waals surface area contributed by atoms with E-state index in [1.165, 1.54) is 16.2 Å². The predicted octanol–water partition coefficient (Wildman–Crippen LogP) is 4.69. The van der Waals surface area contributed by atoms with Crippen molar-refractivity contribution in [3.05, 3.63) is 112 Å². The number of pyridine rings is 2. The summed E-state index contributed by atoms with van der Waals surface area (Å²) in [7, 11) is 0. The van der Waals surface area contributed by atoms with Crippen LogP contribution in [-0.4, -0.2) is 36.6 Å². The summed E-state index contributed by atoms with van der Waals surface area (Å²) in [6.07, 6.45) is 6.49. The second kappa shape index (κ2) is 8.99. The van der Waals surface area contributed by atoms with Gasteiger partial charge in [-0.1, -0.05) is 30.3 Å². The Balaban J connectivity index is 1.57. The highest BCUT2D eigenvalue weighted by atomic mass is 32.1. The van der Waals surface area contributed by atoms with Crippen molar-refractivity contribution >= 4 is 23.0 Å². The molecule has 0 bridgehead atoms. The van der Waals surface area contributed by atoms with Crippen LogP contribution in [-0.2, 0) is 11.3 Å². The molecule has 4 aromatic rings. The highest BCUT2D eigenvalue weighted by Crippen LogP contribution is 2.41. The van der Waals surface area contributed by atoms with E-state index in [0.29, 0.717) is 21.1 Å². The van der Waals surface area contributed by atoms with Crippen LogP contribution in [0.25, 0.3) is 10.6 Å². The number of carbonyl (C=O) groups excluding carboxylic acids is 2. The molecule has 34 heavy (non-hydrogen) atoms. The van der Waals surface area contributed by atoms with Gasteiger partial charge in [-0.05, 0) is 42.3 Å². The molecule has 4 heterocycles. The molecule has 7 nitrogen and oxygen atoms in total. The second-order valence-electron chi connectivity index (χ2n) is 7.86. The van der Waals surface area contributed by atoms with Crippen molar-refractivity contribution in [1.29, 1.82) is 0 Å². The SMILES string of the molecule is Cc1nc(-c2ccccc2)sc1C(=O)C1=C(O)C(=O)N(Cc2ccncc2)C1c1ccncc1. The van der Waals surface area contributed by atoms with Crippen molar-refractivity contribution in [1.82, 2.24) is 19.9 Å². The van der Waals surface area contributed by atoms with Crippen LogP contribution in [0.5, 0.6) is 0 Å². The van der Waals surface area contributed by atoms with Gasteiger partial charge in [0.05, 0.1) is 22.2 Å². The third kappa shape index (κ3) is 3.88. The van der Waals surface area contributed by atoms with E-state index >= 15 is 0 Å². The van der Waals surface area contributed by atoms with Crippen molar-refractivity contribution in [2.45, 2.75) is 19.5 Å². The Kier molecular flexibility index (Phi) is 5.73. The lowest BCUT2D eigenvalue weighted by atomic mass is 9.95. The average Bonchev–Trinajstić information content (AvgIpc) is 3.38. The van der Waals surface area contributed by atoms with Crippen LogP contribution in [0.15, 0.2) is 90.7 Å². The Morgan fingerprint density at radius 3 is 2.32 bits per heavy atom. The van der Waals surface area contributed by atoms with Gasteiger partial charge in [0.2, 0.25) is 5.78 Å². The lowest BCUT2D eigenvalue weighted by Crippen LogP contribution is -2.30. The lowest BCUT2D eigenvalue weighted by molar-refractivity contribution is -0.130. The zero-order chi connectivity index (χ0) is 23.7. The number of ketones is 1. The molecule has 1 unspecified atom stereocenters. The molecule has 0 saturated heterocycles. The minimum atomic E-state index is -0.752. The number of carbonyl (C=O) groups is 2. The van der Waals surface area contributed by atoms with Crippen LogP contribution in [0.3, 0.4) is 0 Å². The first-order valence-corrected chi connectivity index (χ1v) is 11.5. The third-order valence-electron chi connectivity index (χ3n) is 5.70. The highest BCUT2D eigenvalue weighted by molar-refractivity contribution is 7.17. The molecule has 1 aliphatic rings. The number of Topliss-reactive ketones (excluding diaryl/α,β-unsaturated/α-hetero) is 1. The summed E-state index contributed by atoms with van der Waals surface area (Å²) in [6.45, 7) is 1.98. The van der Waals surface area contributed by atoms with Gasteiger partial charge in [-0.2, -0.15) is 0 Å². The van der Waals surface area contributed by atoms with Crippen molar-refractivity contribution in [3.63, 3.8) is 0 Å². The van der Waals surface area contributed by atoms with Crippen LogP contribution in [0, 0.1) is 6.92 Å². The van der Waals surface area contributed by atoms with Gasteiger partial charge >= 0.3 is 0 Å². The standard InChI is InChI=1S/C26H20N4O3S/c1-16-24(34-25(29-16)19-5-3-2-4-6-19)22(31)20-21(18-9-13-28-14-10-18)30(26(33)23(20)32)15-17-7-11-27-12-8-17/h2-14,21,32H,15H2,1H3. The zero-order valence-electron chi connectivity index (χ0n) is 18.3. The van der Waals surface area contributed by atoms with Gasteiger partial charge < -0.3 is 10.0 Å². The van der Waals surface area contributed by atoms with Crippen molar-refractivity contribution in [2.75, 3.05) is 0 Å². The number of thiazole rings is 1. The van der Waals surface area contributed by atoms with E-state index in [2.05, 4.69) is 15.0 Å². The fraction of sp³-hybridized carbons (Fsp3) is 0.115. The molecule has 1 N–H and O–H groups in total. The van der Waals surface area contributed by atoms with E-state index < -0.39 is 23.5 Å². The van der Waals surface area contributed by atoms with E-state index in [9.17, 15) is 14.7 Å². The number of amides is 1. The van der Waals surface area contributed by atoms with E-state index in [0.717, 1.165) is 11.1 Å². The molecule has 0 spiro atoms. The van der Waals surface area contributed by atoms with Crippen LogP contribution in [0.1, 0.15) is 32.5 Å². The molecule has 1 amide bonds. The number of aromatic nitrogens is 3. The van der Waals surface area contributed by atoms with E-state index in [-0.39, 0.29) is 12.1 Å². The van der Waals surface area contributed by atoms with Gasteiger partial charge in [0.1, 0.15) is 5.01 Å². The molecular weight excluding hydrogens is 448 g/mol. The van der Waals surface area contributed by atoms with Crippen LogP contribution in [0.2, 0.25) is 0 Å². The number of nitrogens with zero attached hydrogens (tertiary/aromatic N) is 4. The van der Waals surface area contributed by atoms with Crippen molar-refractivity contribution in [3.8, 4) is 10.6 Å². The van der Waals surface area contributed by atoms with Gasteiger partial charge in [-0.3, -0.25) is 19.6 Å². The monoisotopic (exact) mass is 468 g/mol. The molecule has 1 aliphatic heterocycles. The van der Waals surface area contributed by atoms with E-state index in [1.54, 1.807) is 56.0 Å². The molecular formula is C26H20N4O3S. The van der Waals surface area contributed by atoms with Gasteiger partial charge in [-0.25, -0.2) is 4.98 Å². The number of hydrogen-bond acceptors (Lipinski definition) is 7. The van der Waals surface area contributed by atoms with E-state index in [1.807, 2.05) is 30.3 Å². The Morgan fingerprint density at radius 2 is 1.65 bits per heavy atom. The Bertz CT molecular complexity index is 1390. The fourth-order valence-corrected chi connectivity index (χ4v) is 5.09. The first-order valence-electron chi connectivity index (χ1n) is 10.6. The Morgan fingerprint density at radius 1 is 1.00 bits per heavy atom. The minimum Gasteiger partial charge on any atom is -0.503 e. The van der Waals surface area contributed by atoms with Gasteiger partial charge in [-0.15, -0.1) is 11.3 Å².